The van der Waals surface area contributed by atoms with Gasteiger partial charge >= 0.3 is 0 Å². The number of ether oxygens (including phenoxy) is 1. The molecule has 1 rings (SSSR count). The van der Waals surface area contributed by atoms with Gasteiger partial charge in [-0.3, -0.25) is 0 Å². The highest BCUT2D eigenvalue weighted by atomic mass is 16.5. The van der Waals surface area contributed by atoms with Crippen LogP contribution in [0.3, 0.4) is 0 Å². The van der Waals surface area contributed by atoms with Crippen molar-refractivity contribution in [1.82, 2.24) is 0 Å². The molecule has 1 saturated heterocycles. The van der Waals surface area contributed by atoms with E-state index in [0.29, 0.717) is 0 Å². The van der Waals surface area contributed by atoms with E-state index >= 15 is 0 Å². The molecule has 3 nitrogen and oxygen atoms in total. The quantitative estimate of drug-likeness (QED) is 0.530. The Kier molecular flexibility index (Phi) is 2.45. The van der Waals surface area contributed by atoms with E-state index < -0.39 is 0 Å². The number of aliphatic hydroxyl groups excluding tert-OH is 1. The summed E-state index contributed by atoms with van der Waals surface area (Å²) in [4.78, 5) is 0. The standard InChI is InChI=1S/C6H13NO2/c7-5(4-8)6-2-1-3-9-6/h5-6,8H,1-4,7H2/t5-,6+/m1/s1. The number of rotatable bonds is 2. The Hall–Kier alpha value is -0.120. The molecule has 9 heavy (non-hydrogen) atoms. The average molecular weight is 131 g/mol. The fraction of sp³-hybridized carbons (Fsp3) is 1.00. The molecule has 1 aliphatic rings. The second-order valence-corrected chi connectivity index (χ2v) is 2.40. The van der Waals surface area contributed by atoms with Crippen molar-refractivity contribution in [3.05, 3.63) is 0 Å². The fourth-order valence-electron chi connectivity index (χ4n) is 1.06. The Morgan fingerprint density at radius 1 is 1.78 bits per heavy atom. The first-order valence-corrected chi connectivity index (χ1v) is 3.32. The van der Waals surface area contributed by atoms with Gasteiger partial charge in [0, 0.05) is 6.61 Å². The third kappa shape index (κ3) is 1.64. The first-order valence-electron chi connectivity index (χ1n) is 3.32. The van der Waals surface area contributed by atoms with Crippen molar-refractivity contribution < 1.29 is 9.84 Å². The predicted molar refractivity (Wildman–Crippen MR) is 34.0 cm³/mol. The van der Waals surface area contributed by atoms with Gasteiger partial charge in [-0.25, -0.2) is 0 Å². The highest BCUT2D eigenvalue weighted by Gasteiger charge is 2.21. The summed E-state index contributed by atoms with van der Waals surface area (Å²) in [6.45, 7) is 0.836. The molecule has 1 fully saturated rings. The summed E-state index contributed by atoms with van der Waals surface area (Å²) in [5, 5.41) is 8.59. The molecule has 0 aromatic carbocycles. The van der Waals surface area contributed by atoms with Crippen LogP contribution in [0.15, 0.2) is 0 Å². The van der Waals surface area contributed by atoms with Crippen molar-refractivity contribution in [1.29, 1.82) is 0 Å². The van der Waals surface area contributed by atoms with Crippen LogP contribution in [0.4, 0.5) is 0 Å². The summed E-state index contributed by atoms with van der Waals surface area (Å²) >= 11 is 0. The van der Waals surface area contributed by atoms with Crippen LogP contribution in [-0.2, 0) is 4.74 Å². The highest BCUT2D eigenvalue weighted by Crippen LogP contribution is 2.13. The van der Waals surface area contributed by atoms with Crippen molar-refractivity contribution >= 4 is 0 Å². The topological polar surface area (TPSA) is 55.5 Å². The van der Waals surface area contributed by atoms with Gasteiger partial charge in [-0.05, 0) is 12.8 Å². The zero-order chi connectivity index (χ0) is 6.69. The van der Waals surface area contributed by atoms with Crippen molar-refractivity contribution in [3.63, 3.8) is 0 Å². The Morgan fingerprint density at radius 2 is 2.56 bits per heavy atom. The van der Waals surface area contributed by atoms with Gasteiger partial charge in [-0.2, -0.15) is 0 Å². The van der Waals surface area contributed by atoms with Gasteiger partial charge in [-0.15, -0.1) is 0 Å². The largest absolute Gasteiger partial charge is 0.395 e. The van der Waals surface area contributed by atoms with Crippen molar-refractivity contribution in [2.24, 2.45) is 5.73 Å². The molecule has 0 unspecified atom stereocenters. The maximum absolute atomic E-state index is 8.59. The van der Waals surface area contributed by atoms with E-state index in [4.69, 9.17) is 15.6 Å². The smallest absolute Gasteiger partial charge is 0.0749 e. The minimum atomic E-state index is -0.174. The molecule has 54 valence electrons. The monoisotopic (exact) mass is 131 g/mol. The molecular weight excluding hydrogens is 118 g/mol. The second-order valence-electron chi connectivity index (χ2n) is 2.40. The van der Waals surface area contributed by atoms with Crippen LogP contribution in [0, 0.1) is 0 Å². The van der Waals surface area contributed by atoms with Gasteiger partial charge in [0.15, 0.2) is 0 Å². The van der Waals surface area contributed by atoms with Crippen molar-refractivity contribution in [3.8, 4) is 0 Å². The average Bonchev–Trinajstić information content (AvgIpc) is 2.37. The van der Waals surface area contributed by atoms with Gasteiger partial charge < -0.3 is 15.6 Å². The van der Waals surface area contributed by atoms with Crippen LogP contribution in [0.25, 0.3) is 0 Å². The molecule has 3 heteroatoms. The first kappa shape index (κ1) is 6.99. The van der Waals surface area contributed by atoms with E-state index in [1.807, 2.05) is 0 Å². The highest BCUT2D eigenvalue weighted by molar-refractivity contribution is 4.75. The molecule has 0 aliphatic carbocycles. The van der Waals surface area contributed by atoms with Crippen molar-refractivity contribution in [2.45, 2.75) is 25.0 Å². The van der Waals surface area contributed by atoms with Gasteiger partial charge in [0.1, 0.15) is 0 Å². The Labute approximate surface area is 54.8 Å². The lowest BCUT2D eigenvalue weighted by molar-refractivity contribution is 0.0693. The molecule has 0 bridgehead atoms. The van der Waals surface area contributed by atoms with Crippen LogP contribution in [-0.4, -0.2) is 30.5 Å². The summed E-state index contributed by atoms with van der Waals surface area (Å²) < 4.78 is 5.22. The molecule has 0 saturated carbocycles. The lowest BCUT2D eigenvalue weighted by Gasteiger charge is -2.14. The van der Waals surface area contributed by atoms with E-state index in [0.717, 1.165) is 19.4 Å². The number of aliphatic hydroxyl groups is 1. The lowest BCUT2D eigenvalue weighted by Crippen LogP contribution is -2.37. The number of hydrogen-bond acceptors (Lipinski definition) is 3. The second kappa shape index (κ2) is 3.15. The molecular formula is C6H13NO2. The van der Waals surface area contributed by atoms with E-state index in [2.05, 4.69) is 0 Å². The summed E-state index contributed by atoms with van der Waals surface area (Å²) in [6, 6.07) is -0.174. The Balaban J connectivity index is 2.24. The minimum Gasteiger partial charge on any atom is -0.395 e. The number of nitrogens with two attached hydrogens (primary N) is 1. The Morgan fingerprint density at radius 3 is 3.00 bits per heavy atom. The third-order valence-electron chi connectivity index (χ3n) is 1.65. The third-order valence-corrected chi connectivity index (χ3v) is 1.65. The van der Waals surface area contributed by atoms with Crippen LogP contribution < -0.4 is 5.73 Å². The molecule has 0 aromatic rings. The van der Waals surface area contributed by atoms with Crippen LogP contribution >= 0.6 is 0 Å². The summed E-state index contributed by atoms with van der Waals surface area (Å²) in [7, 11) is 0. The predicted octanol–water partition coefficient (Wildman–Crippen LogP) is -0.515. The first-order chi connectivity index (χ1) is 4.34. The zero-order valence-electron chi connectivity index (χ0n) is 5.42. The molecule has 2 atom stereocenters. The molecule has 0 spiro atoms. The van der Waals surface area contributed by atoms with Crippen LogP contribution in [0.5, 0.6) is 0 Å². The maximum Gasteiger partial charge on any atom is 0.0749 e. The van der Waals surface area contributed by atoms with Crippen LogP contribution in [0.1, 0.15) is 12.8 Å². The van der Waals surface area contributed by atoms with Gasteiger partial charge in [0.05, 0.1) is 18.8 Å². The van der Waals surface area contributed by atoms with E-state index in [1.165, 1.54) is 0 Å². The molecule has 1 aliphatic heterocycles. The fourth-order valence-corrected chi connectivity index (χ4v) is 1.06. The molecule has 0 radical (unpaired) electrons. The summed E-state index contributed by atoms with van der Waals surface area (Å²) in [5.41, 5.74) is 5.50. The number of hydrogen-bond donors (Lipinski definition) is 2. The molecule has 3 N–H and O–H groups in total. The van der Waals surface area contributed by atoms with E-state index in [-0.39, 0.29) is 18.8 Å². The molecule has 1 heterocycles. The van der Waals surface area contributed by atoms with Crippen LogP contribution in [0.2, 0.25) is 0 Å². The normalized spacial score (nSPS) is 30.7. The van der Waals surface area contributed by atoms with Gasteiger partial charge in [-0.1, -0.05) is 0 Å². The Bertz CT molecular complexity index is 81.1. The molecule has 0 amide bonds. The van der Waals surface area contributed by atoms with Crippen molar-refractivity contribution in [2.75, 3.05) is 13.2 Å². The lowest BCUT2D eigenvalue weighted by atomic mass is 10.1. The molecule has 0 aromatic heterocycles. The summed E-state index contributed by atoms with van der Waals surface area (Å²) in [5.74, 6) is 0. The zero-order valence-corrected chi connectivity index (χ0v) is 5.42. The summed E-state index contributed by atoms with van der Waals surface area (Å²) in [6.07, 6.45) is 2.19. The van der Waals surface area contributed by atoms with Gasteiger partial charge in [0.25, 0.3) is 0 Å². The maximum atomic E-state index is 8.59. The van der Waals surface area contributed by atoms with E-state index in [1.54, 1.807) is 0 Å². The SMILES string of the molecule is N[C@H](CO)[C@@H]1CCCO1. The van der Waals surface area contributed by atoms with Gasteiger partial charge in [0.2, 0.25) is 0 Å². The minimum absolute atomic E-state index is 0.0324. The van der Waals surface area contributed by atoms with E-state index in [9.17, 15) is 0 Å².